The first kappa shape index (κ1) is 14.3. The number of rotatable bonds is 4. The maximum absolute atomic E-state index is 5.96. The Balaban J connectivity index is 1.81. The lowest BCUT2D eigenvalue weighted by molar-refractivity contribution is 0.0192. The van der Waals surface area contributed by atoms with Gasteiger partial charge in [0.05, 0.1) is 13.2 Å². The zero-order chi connectivity index (χ0) is 13.0. The van der Waals surface area contributed by atoms with Crippen molar-refractivity contribution < 1.29 is 4.74 Å². The first-order valence-electron chi connectivity index (χ1n) is 7.45. The summed E-state index contributed by atoms with van der Waals surface area (Å²) in [6.07, 6.45) is 1.33. The van der Waals surface area contributed by atoms with Crippen molar-refractivity contribution in [2.45, 2.75) is 26.3 Å². The maximum atomic E-state index is 5.96. The maximum Gasteiger partial charge on any atom is 0.0594 e. The summed E-state index contributed by atoms with van der Waals surface area (Å²) in [5.41, 5.74) is 5.96. The topological polar surface area (TPSA) is 41.7 Å². The van der Waals surface area contributed by atoms with Gasteiger partial charge in [-0.1, -0.05) is 13.8 Å². The molecule has 4 nitrogen and oxygen atoms in total. The average molecular weight is 255 g/mol. The number of ether oxygens (including phenoxy) is 1. The van der Waals surface area contributed by atoms with Crippen molar-refractivity contribution in [1.29, 1.82) is 0 Å². The van der Waals surface area contributed by atoms with E-state index < -0.39 is 0 Å². The quantitative estimate of drug-likeness (QED) is 0.800. The number of hydrogen-bond donors (Lipinski definition) is 1. The molecule has 2 aliphatic rings. The fourth-order valence-electron chi connectivity index (χ4n) is 3.50. The minimum absolute atomic E-state index is 0.585. The van der Waals surface area contributed by atoms with Gasteiger partial charge in [-0.3, -0.25) is 9.80 Å². The van der Waals surface area contributed by atoms with E-state index in [-0.39, 0.29) is 0 Å². The van der Waals surface area contributed by atoms with Crippen LogP contribution in [0.15, 0.2) is 0 Å². The highest BCUT2D eigenvalue weighted by molar-refractivity contribution is 4.86. The third kappa shape index (κ3) is 3.67. The van der Waals surface area contributed by atoms with Crippen LogP contribution in [-0.2, 0) is 4.74 Å². The Hall–Kier alpha value is -0.160. The second-order valence-electron chi connectivity index (χ2n) is 6.07. The molecule has 0 saturated carbocycles. The second-order valence-corrected chi connectivity index (χ2v) is 6.07. The smallest absolute Gasteiger partial charge is 0.0594 e. The van der Waals surface area contributed by atoms with Crippen molar-refractivity contribution in [3.63, 3.8) is 0 Å². The van der Waals surface area contributed by atoms with Gasteiger partial charge in [0, 0.05) is 45.3 Å². The van der Waals surface area contributed by atoms with Crippen LogP contribution in [0.1, 0.15) is 20.3 Å². The zero-order valence-corrected chi connectivity index (χ0v) is 12.0. The third-order valence-electron chi connectivity index (χ3n) is 4.49. The molecule has 2 saturated heterocycles. The van der Waals surface area contributed by atoms with Crippen LogP contribution in [0, 0.1) is 11.8 Å². The normalized spacial score (nSPS) is 35.8. The van der Waals surface area contributed by atoms with Crippen LogP contribution >= 0.6 is 0 Å². The van der Waals surface area contributed by atoms with E-state index in [2.05, 4.69) is 23.6 Å². The molecule has 0 spiro atoms. The predicted molar refractivity (Wildman–Crippen MR) is 74.6 cm³/mol. The molecule has 4 heteroatoms. The summed E-state index contributed by atoms with van der Waals surface area (Å²) in [4.78, 5) is 5.13. The number of piperidine rings is 1. The Kier molecular flexibility index (Phi) is 5.42. The van der Waals surface area contributed by atoms with Gasteiger partial charge in [-0.15, -0.1) is 0 Å². The van der Waals surface area contributed by atoms with Crippen LogP contribution in [-0.4, -0.2) is 68.3 Å². The van der Waals surface area contributed by atoms with E-state index in [0.717, 1.165) is 51.2 Å². The molecular weight excluding hydrogens is 226 g/mol. The summed E-state index contributed by atoms with van der Waals surface area (Å²) in [5.74, 6) is 1.55. The van der Waals surface area contributed by atoms with Gasteiger partial charge in [-0.2, -0.15) is 0 Å². The Morgan fingerprint density at radius 2 is 1.89 bits per heavy atom. The molecule has 2 fully saturated rings. The molecule has 2 rings (SSSR count). The molecule has 0 aliphatic carbocycles. The molecular formula is C14H29N3O. The molecule has 106 valence electrons. The average Bonchev–Trinajstić information content (AvgIpc) is 2.37. The lowest BCUT2D eigenvalue weighted by Crippen LogP contribution is -2.53. The van der Waals surface area contributed by atoms with Gasteiger partial charge in [-0.25, -0.2) is 0 Å². The molecule has 0 radical (unpaired) electrons. The molecule has 18 heavy (non-hydrogen) atoms. The molecule has 3 unspecified atom stereocenters. The van der Waals surface area contributed by atoms with E-state index in [4.69, 9.17) is 10.5 Å². The molecule has 2 heterocycles. The van der Waals surface area contributed by atoms with Gasteiger partial charge in [-0.05, 0) is 18.3 Å². The number of morpholine rings is 1. The first-order chi connectivity index (χ1) is 8.70. The Morgan fingerprint density at radius 1 is 1.17 bits per heavy atom. The highest BCUT2D eigenvalue weighted by atomic mass is 16.5. The summed E-state index contributed by atoms with van der Waals surface area (Å²) in [5, 5.41) is 0. The molecule has 2 aliphatic heterocycles. The molecule has 0 aromatic heterocycles. The van der Waals surface area contributed by atoms with E-state index in [0.29, 0.717) is 6.04 Å². The molecule has 3 atom stereocenters. The number of nitrogens with zero attached hydrogens (tertiary/aromatic N) is 2. The SMILES string of the molecule is CC1CC(C)C(CN)N(CCN2CCOCC2)C1. The fourth-order valence-corrected chi connectivity index (χ4v) is 3.50. The largest absolute Gasteiger partial charge is 0.379 e. The fraction of sp³-hybridized carbons (Fsp3) is 1.00. The van der Waals surface area contributed by atoms with E-state index >= 15 is 0 Å². The molecule has 0 bridgehead atoms. The Morgan fingerprint density at radius 3 is 2.56 bits per heavy atom. The van der Waals surface area contributed by atoms with Crippen molar-refractivity contribution in [3.8, 4) is 0 Å². The standard InChI is InChI=1S/C14H29N3O/c1-12-9-13(2)14(10-15)17(11-12)4-3-16-5-7-18-8-6-16/h12-14H,3-11,15H2,1-2H3. The van der Waals surface area contributed by atoms with E-state index in [1.165, 1.54) is 19.5 Å². The van der Waals surface area contributed by atoms with E-state index in [9.17, 15) is 0 Å². The molecule has 0 amide bonds. The van der Waals surface area contributed by atoms with Crippen molar-refractivity contribution in [1.82, 2.24) is 9.80 Å². The van der Waals surface area contributed by atoms with E-state index in [1.807, 2.05) is 0 Å². The van der Waals surface area contributed by atoms with Crippen LogP contribution in [0.5, 0.6) is 0 Å². The Labute approximate surface area is 111 Å². The monoisotopic (exact) mass is 255 g/mol. The minimum atomic E-state index is 0.585. The first-order valence-corrected chi connectivity index (χ1v) is 7.45. The van der Waals surface area contributed by atoms with Crippen molar-refractivity contribution in [3.05, 3.63) is 0 Å². The summed E-state index contributed by atoms with van der Waals surface area (Å²) in [7, 11) is 0. The lowest BCUT2D eigenvalue weighted by atomic mass is 9.85. The van der Waals surface area contributed by atoms with Crippen molar-refractivity contribution in [2.75, 3.05) is 52.5 Å². The summed E-state index contributed by atoms with van der Waals surface area (Å²) in [6, 6.07) is 0.585. The van der Waals surface area contributed by atoms with Crippen molar-refractivity contribution >= 4 is 0 Å². The minimum Gasteiger partial charge on any atom is -0.379 e. The molecule has 0 aromatic rings. The van der Waals surface area contributed by atoms with Crippen molar-refractivity contribution in [2.24, 2.45) is 17.6 Å². The van der Waals surface area contributed by atoms with Crippen LogP contribution in [0.4, 0.5) is 0 Å². The summed E-state index contributed by atoms with van der Waals surface area (Å²) < 4.78 is 5.39. The number of likely N-dealkylation sites (tertiary alicyclic amines) is 1. The van der Waals surface area contributed by atoms with Crippen LogP contribution in [0.25, 0.3) is 0 Å². The van der Waals surface area contributed by atoms with Crippen LogP contribution in [0.2, 0.25) is 0 Å². The molecule has 0 aromatic carbocycles. The highest BCUT2D eigenvalue weighted by Gasteiger charge is 2.30. The zero-order valence-electron chi connectivity index (χ0n) is 12.0. The lowest BCUT2D eigenvalue weighted by Gasteiger charge is -2.43. The third-order valence-corrected chi connectivity index (χ3v) is 4.49. The van der Waals surface area contributed by atoms with Gasteiger partial charge in [0.2, 0.25) is 0 Å². The van der Waals surface area contributed by atoms with Gasteiger partial charge in [0.1, 0.15) is 0 Å². The summed E-state index contributed by atoms with van der Waals surface area (Å²) >= 11 is 0. The predicted octanol–water partition coefficient (Wildman–Crippen LogP) is 0.624. The molecule has 2 N–H and O–H groups in total. The Bertz CT molecular complexity index is 243. The highest BCUT2D eigenvalue weighted by Crippen LogP contribution is 2.26. The van der Waals surface area contributed by atoms with Gasteiger partial charge in [0.15, 0.2) is 0 Å². The van der Waals surface area contributed by atoms with Crippen LogP contribution < -0.4 is 5.73 Å². The van der Waals surface area contributed by atoms with E-state index in [1.54, 1.807) is 0 Å². The second kappa shape index (κ2) is 6.85. The van der Waals surface area contributed by atoms with Gasteiger partial charge < -0.3 is 10.5 Å². The number of nitrogens with two attached hydrogens (primary N) is 1. The van der Waals surface area contributed by atoms with Crippen LogP contribution in [0.3, 0.4) is 0 Å². The van der Waals surface area contributed by atoms with Gasteiger partial charge in [0.25, 0.3) is 0 Å². The summed E-state index contributed by atoms with van der Waals surface area (Å²) in [6.45, 7) is 13.0. The number of hydrogen-bond acceptors (Lipinski definition) is 4. The van der Waals surface area contributed by atoms with Gasteiger partial charge >= 0.3 is 0 Å².